The molecule has 5 nitrogen and oxygen atoms in total. The Morgan fingerprint density at radius 3 is 2.32 bits per heavy atom. The van der Waals surface area contributed by atoms with Gasteiger partial charge in [-0.1, -0.05) is 59.3 Å². The number of ether oxygens (including phenoxy) is 3. The Labute approximate surface area is 223 Å². The van der Waals surface area contributed by atoms with Crippen LogP contribution in [0.4, 0.5) is 0 Å². The number of carbonyl (C=O) groups is 2. The van der Waals surface area contributed by atoms with Gasteiger partial charge in [-0.05, 0) is 79.1 Å². The number of epoxide rings is 1. The van der Waals surface area contributed by atoms with Crippen LogP contribution in [0.3, 0.4) is 0 Å². The van der Waals surface area contributed by atoms with Crippen LogP contribution in [-0.4, -0.2) is 35.9 Å². The maximum atomic E-state index is 12.4. The minimum absolute atomic E-state index is 0.0854. The minimum Gasteiger partial charge on any atom is -0.462 e. The molecule has 0 bridgehead atoms. The van der Waals surface area contributed by atoms with Crippen LogP contribution >= 0.6 is 0 Å². The van der Waals surface area contributed by atoms with Crippen molar-refractivity contribution < 1.29 is 23.8 Å². The van der Waals surface area contributed by atoms with Gasteiger partial charge < -0.3 is 14.2 Å². The summed E-state index contributed by atoms with van der Waals surface area (Å²) < 4.78 is 18.4. The number of esters is 2. The highest BCUT2D eigenvalue weighted by Crippen LogP contribution is 2.72. The van der Waals surface area contributed by atoms with Crippen molar-refractivity contribution in [2.24, 2.45) is 40.4 Å². The zero-order valence-electron chi connectivity index (χ0n) is 24.3. The van der Waals surface area contributed by atoms with Crippen molar-refractivity contribution in [1.82, 2.24) is 0 Å². The molecule has 5 heteroatoms. The second-order valence-electron chi connectivity index (χ2n) is 13.8. The van der Waals surface area contributed by atoms with E-state index in [-0.39, 0.29) is 46.7 Å². The Kier molecular flexibility index (Phi) is 6.74. The highest BCUT2D eigenvalue weighted by molar-refractivity contribution is 5.67. The number of fused-ring (bicyclic) bond motifs is 3. The van der Waals surface area contributed by atoms with Gasteiger partial charge in [-0.2, -0.15) is 0 Å². The van der Waals surface area contributed by atoms with Crippen molar-refractivity contribution in [3.05, 3.63) is 23.3 Å². The van der Waals surface area contributed by atoms with Crippen molar-refractivity contribution in [3.8, 4) is 0 Å². The molecule has 206 valence electrons. The Morgan fingerprint density at radius 1 is 0.973 bits per heavy atom. The second-order valence-corrected chi connectivity index (χ2v) is 13.8. The maximum Gasteiger partial charge on any atom is 0.303 e. The molecule has 1 heterocycles. The van der Waals surface area contributed by atoms with Crippen molar-refractivity contribution >= 4 is 11.9 Å². The molecular weight excluding hydrogens is 464 g/mol. The number of hydrogen-bond acceptors (Lipinski definition) is 5. The first-order valence-corrected chi connectivity index (χ1v) is 14.8. The monoisotopic (exact) mass is 512 g/mol. The van der Waals surface area contributed by atoms with E-state index in [0.29, 0.717) is 36.0 Å². The summed E-state index contributed by atoms with van der Waals surface area (Å²) in [6.07, 6.45) is 11.4. The summed E-state index contributed by atoms with van der Waals surface area (Å²) in [5.41, 5.74) is 2.61. The van der Waals surface area contributed by atoms with Gasteiger partial charge in [-0.15, -0.1) is 0 Å². The van der Waals surface area contributed by atoms with Crippen LogP contribution in [0.15, 0.2) is 23.3 Å². The Bertz CT molecular complexity index is 1010. The first-order valence-electron chi connectivity index (χ1n) is 14.8. The zero-order valence-corrected chi connectivity index (χ0v) is 24.3. The van der Waals surface area contributed by atoms with Gasteiger partial charge in [-0.3, -0.25) is 9.59 Å². The third-order valence-electron chi connectivity index (χ3n) is 11.5. The van der Waals surface area contributed by atoms with E-state index in [1.807, 2.05) is 0 Å². The van der Waals surface area contributed by atoms with Gasteiger partial charge in [-0.25, -0.2) is 0 Å². The molecule has 4 aliphatic carbocycles. The smallest absolute Gasteiger partial charge is 0.303 e. The van der Waals surface area contributed by atoms with E-state index < -0.39 is 0 Å². The number of carbonyl (C=O) groups excluding carboxylic acids is 2. The summed E-state index contributed by atoms with van der Waals surface area (Å²) in [7, 11) is 0. The molecule has 3 fully saturated rings. The van der Waals surface area contributed by atoms with Gasteiger partial charge in [0.05, 0.1) is 0 Å². The SMILES string of the molecule is CC(=O)OC1CCC2(C)C3=C(C(OC(C)=O)C4OC42C1)C1CCC(C(C)C=CC(C)C(C)C)C1(C)CC3. The second kappa shape index (κ2) is 9.24. The van der Waals surface area contributed by atoms with Crippen LogP contribution in [0.25, 0.3) is 0 Å². The van der Waals surface area contributed by atoms with Crippen LogP contribution in [0.2, 0.25) is 0 Å². The van der Waals surface area contributed by atoms with Gasteiger partial charge >= 0.3 is 11.9 Å². The fraction of sp³-hybridized carbons (Fsp3) is 0.812. The number of rotatable bonds is 6. The Balaban J connectivity index is 1.48. The molecule has 10 atom stereocenters. The number of hydrogen-bond donors (Lipinski definition) is 0. The first-order chi connectivity index (χ1) is 17.3. The molecule has 2 saturated carbocycles. The van der Waals surface area contributed by atoms with E-state index in [0.717, 1.165) is 25.7 Å². The lowest BCUT2D eigenvalue weighted by molar-refractivity contribution is -0.151. The van der Waals surface area contributed by atoms with Crippen LogP contribution in [0.5, 0.6) is 0 Å². The summed E-state index contributed by atoms with van der Waals surface area (Å²) >= 11 is 0. The molecule has 0 aromatic carbocycles. The van der Waals surface area contributed by atoms with E-state index in [2.05, 4.69) is 53.7 Å². The topological polar surface area (TPSA) is 65.1 Å². The quantitative estimate of drug-likeness (QED) is 0.222. The molecule has 1 spiro atoms. The lowest BCUT2D eigenvalue weighted by Gasteiger charge is -2.54. The Morgan fingerprint density at radius 2 is 1.68 bits per heavy atom. The molecule has 0 radical (unpaired) electrons. The summed E-state index contributed by atoms with van der Waals surface area (Å²) in [6.45, 7) is 17.2. The molecule has 0 N–H and O–H groups in total. The largest absolute Gasteiger partial charge is 0.462 e. The van der Waals surface area contributed by atoms with E-state index in [1.54, 1.807) is 0 Å². The fourth-order valence-corrected chi connectivity index (χ4v) is 9.06. The lowest BCUT2D eigenvalue weighted by Crippen LogP contribution is -2.56. The third-order valence-corrected chi connectivity index (χ3v) is 11.5. The molecule has 37 heavy (non-hydrogen) atoms. The van der Waals surface area contributed by atoms with Crippen molar-refractivity contribution in [1.29, 1.82) is 0 Å². The maximum absolute atomic E-state index is 12.4. The fourth-order valence-electron chi connectivity index (χ4n) is 9.06. The highest BCUT2D eigenvalue weighted by Gasteiger charge is 2.77. The average molecular weight is 513 g/mol. The van der Waals surface area contributed by atoms with Crippen LogP contribution < -0.4 is 0 Å². The molecule has 5 aliphatic rings. The van der Waals surface area contributed by atoms with Crippen LogP contribution in [0, 0.1) is 40.4 Å². The van der Waals surface area contributed by atoms with E-state index in [1.165, 1.54) is 37.8 Å². The standard InChI is InChI=1S/C32H48O5/c1-18(2)19(3)9-10-20(4)24-11-12-25-27-26(14-15-30(24,25)7)31(8)16-13-23(35-21(5)33)17-32(31)29(37-32)28(27)36-22(6)34/h9-10,18-20,23-25,28-29H,11-17H2,1-8H3. The summed E-state index contributed by atoms with van der Waals surface area (Å²) in [5, 5.41) is 0. The predicted molar refractivity (Wildman–Crippen MR) is 144 cm³/mol. The molecule has 0 amide bonds. The van der Waals surface area contributed by atoms with Crippen molar-refractivity contribution in [3.63, 3.8) is 0 Å². The van der Waals surface area contributed by atoms with E-state index in [4.69, 9.17) is 14.2 Å². The molecule has 1 aliphatic heterocycles. The Hall–Kier alpha value is -1.62. The first kappa shape index (κ1) is 27.0. The number of allylic oxidation sites excluding steroid dienone is 2. The molecular formula is C32H48O5. The van der Waals surface area contributed by atoms with Crippen LogP contribution in [0.1, 0.15) is 100 Å². The van der Waals surface area contributed by atoms with Gasteiger partial charge in [0.2, 0.25) is 0 Å². The van der Waals surface area contributed by atoms with Crippen LogP contribution in [-0.2, 0) is 23.8 Å². The summed E-state index contributed by atoms with van der Waals surface area (Å²) in [6, 6.07) is 0. The van der Waals surface area contributed by atoms with Gasteiger partial charge in [0.25, 0.3) is 0 Å². The van der Waals surface area contributed by atoms with E-state index in [9.17, 15) is 9.59 Å². The summed E-state index contributed by atoms with van der Waals surface area (Å²) in [5.74, 6) is 2.35. The van der Waals surface area contributed by atoms with Crippen molar-refractivity contribution in [2.45, 2.75) is 124 Å². The van der Waals surface area contributed by atoms with Gasteiger partial charge in [0.15, 0.2) is 6.10 Å². The molecule has 5 rings (SSSR count). The lowest BCUT2D eigenvalue weighted by atomic mass is 9.49. The van der Waals surface area contributed by atoms with Gasteiger partial charge in [0, 0.05) is 25.7 Å². The molecule has 0 aromatic rings. The zero-order chi connectivity index (χ0) is 26.9. The third kappa shape index (κ3) is 4.13. The predicted octanol–water partition coefficient (Wildman–Crippen LogP) is 6.80. The minimum atomic E-state index is -0.390. The average Bonchev–Trinajstić information content (AvgIpc) is 3.43. The highest BCUT2D eigenvalue weighted by atomic mass is 16.7. The van der Waals surface area contributed by atoms with Crippen molar-refractivity contribution in [2.75, 3.05) is 0 Å². The normalized spacial score (nSPS) is 44.0. The molecule has 0 aromatic heterocycles. The molecule has 10 unspecified atom stereocenters. The van der Waals surface area contributed by atoms with Gasteiger partial charge in [0.1, 0.15) is 17.8 Å². The summed E-state index contributed by atoms with van der Waals surface area (Å²) in [4.78, 5) is 24.1. The van der Waals surface area contributed by atoms with E-state index >= 15 is 0 Å². The molecule has 1 saturated heterocycles.